The molecule has 1 aliphatic heterocycles. The van der Waals surface area contributed by atoms with E-state index in [9.17, 15) is 9.59 Å². The molecule has 1 atom stereocenters. The van der Waals surface area contributed by atoms with E-state index in [2.05, 4.69) is 10.3 Å². The van der Waals surface area contributed by atoms with Crippen LogP contribution in [0, 0.1) is 0 Å². The van der Waals surface area contributed by atoms with Crippen LogP contribution in [0.15, 0.2) is 66.9 Å². The summed E-state index contributed by atoms with van der Waals surface area (Å²) in [4.78, 5) is 34.0. The zero-order valence-corrected chi connectivity index (χ0v) is 20.5. The van der Waals surface area contributed by atoms with Crippen molar-refractivity contribution in [1.82, 2.24) is 19.8 Å². The number of pyridine rings is 1. The van der Waals surface area contributed by atoms with Crippen LogP contribution in [-0.4, -0.2) is 37.8 Å². The van der Waals surface area contributed by atoms with Crippen molar-refractivity contribution in [2.45, 2.75) is 76.5 Å². The van der Waals surface area contributed by atoms with E-state index in [4.69, 9.17) is 0 Å². The fraction of sp³-hybridized carbons (Fsp3) is 0.414. The lowest BCUT2D eigenvalue weighted by Gasteiger charge is -2.45. The van der Waals surface area contributed by atoms with Crippen molar-refractivity contribution in [3.05, 3.63) is 78.2 Å². The van der Waals surface area contributed by atoms with Gasteiger partial charge in [0.15, 0.2) is 0 Å². The van der Waals surface area contributed by atoms with Crippen LogP contribution < -0.4 is 5.32 Å². The van der Waals surface area contributed by atoms with Crippen molar-refractivity contribution in [3.8, 4) is 11.3 Å². The Morgan fingerprint density at radius 2 is 1.63 bits per heavy atom. The Hall–Kier alpha value is -3.41. The van der Waals surface area contributed by atoms with E-state index in [1.54, 1.807) is 11.1 Å². The average Bonchev–Trinajstić information content (AvgIpc) is 3.28. The Morgan fingerprint density at radius 1 is 0.943 bits per heavy atom. The lowest BCUT2D eigenvalue weighted by atomic mass is 9.91. The van der Waals surface area contributed by atoms with Gasteiger partial charge in [0.25, 0.3) is 5.91 Å². The average molecular weight is 471 g/mol. The third-order valence-corrected chi connectivity index (χ3v) is 7.55. The summed E-state index contributed by atoms with van der Waals surface area (Å²) in [6, 6.07) is 19.8. The minimum absolute atomic E-state index is 0.0780. The van der Waals surface area contributed by atoms with E-state index >= 15 is 0 Å². The van der Waals surface area contributed by atoms with Gasteiger partial charge in [0.05, 0.1) is 18.8 Å². The first-order valence-corrected chi connectivity index (χ1v) is 12.8. The van der Waals surface area contributed by atoms with Crippen molar-refractivity contribution in [2.75, 3.05) is 0 Å². The highest BCUT2D eigenvalue weighted by Gasteiger charge is 2.48. The SMILES string of the molecule is CC1(C(=O)NC2CCCCCCC2)Cn2c(ccc2-c2ccccc2)C(=O)N1Cc1ccccn1. The first-order chi connectivity index (χ1) is 17.1. The third-order valence-electron chi connectivity index (χ3n) is 7.55. The number of fused-ring (bicyclic) bond motifs is 1. The van der Waals surface area contributed by atoms with Gasteiger partial charge >= 0.3 is 0 Å². The molecule has 2 aromatic heterocycles. The molecule has 1 fully saturated rings. The highest BCUT2D eigenvalue weighted by atomic mass is 16.2. The Labute approximate surface area is 207 Å². The van der Waals surface area contributed by atoms with Gasteiger partial charge in [-0.1, -0.05) is 68.5 Å². The summed E-state index contributed by atoms with van der Waals surface area (Å²) < 4.78 is 2.02. The van der Waals surface area contributed by atoms with Gasteiger partial charge in [-0.3, -0.25) is 14.6 Å². The molecule has 6 nitrogen and oxygen atoms in total. The Morgan fingerprint density at radius 3 is 2.34 bits per heavy atom. The number of aromatic nitrogens is 2. The molecule has 3 heterocycles. The van der Waals surface area contributed by atoms with Gasteiger partial charge in [0.2, 0.25) is 5.91 Å². The fourth-order valence-electron chi connectivity index (χ4n) is 5.48. The van der Waals surface area contributed by atoms with Crippen LogP contribution >= 0.6 is 0 Å². The molecular weight excluding hydrogens is 436 g/mol. The first-order valence-electron chi connectivity index (χ1n) is 12.8. The molecule has 0 saturated heterocycles. The molecule has 2 amide bonds. The fourth-order valence-corrected chi connectivity index (χ4v) is 5.48. The second-order valence-corrected chi connectivity index (χ2v) is 10.1. The van der Waals surface area contributed by atoms with Crippen LogP contribution in [0.4, 0.5) is 0 Å². The summed E-state index contributed by atoms with van der Waals surface area (Å²) in [5.74, 6) is -0.217. The Bertz CT molecular complexity index is 1170. The number of benzene rings is 1. The second kappa shape index (κ2) is 10.1. The monoisotopic (exact) mass is 470 g/mol. The zero-order valence-electron chi connectivity index (χ0n) is 20.5. The first kappa shape index (κ1) is 23.3. The van der Waals surface area contributed by atoms with Gasteiger partial charge in [0.1, 0.15) is 11.2 Å². The van der Waals surface area contributed by atoms with Crippen LogP contribution in [0.25, 0.3) is 11.3 Å². The molecular formula is C29H34N4O2. The number of carbonyl (C=O) groups excluding carboxylic acids is 2. The molecule has 5 rings (SSSR count). The minimum atomic E-state index is -1.04. The number of rotatable bonds is 5. The molecule has 0 spiro atoms. The molecule has 1 aliphatic carbocycles. The molecule has 1 aromatic carbocycles. The van der Waals surface area contributed by atoms with Crippen molar-refractivity contribution < 1.29 is 9.59 Å². The van der Waals surface area contributed by atoms with E-state index in [1.807, 2.05) is 72.2 Å². The van der Waals surface area contributed by atoms with Gasteiger partial charge in [0, 0.05) is 17.9 Å². The second-order valence-electron chi connectivity index (χ2n) is 10.1. The molecule has 35 heavy (non-hydrogen) atoms. The smallest absolute Gasteiger partial charge is 0.271 e. The summed E-state index contributed by atoms with van der Waals surface area (Å²) in [6.45, 7) is 2.60. The van der Waals surface area contributed by atoms with E-state index in [0.717, 1.165) is 42.6 Å². The zero-order chi connectivity index (χ0) is 24.3. The number of hydrogen-bond donors (Lipinski definition) is 1. The van der Waals surface area contributed by atoms with Crippen LogP contribution in [0.2, 0.25) is 0 Å². The topological polar surface area (TPSA) is 67.2 Å². The van der Waals surface area contributed by atoms with Crippen LogP contribution in [0.3, 0.4) is 0 Å². The molecule has 6 heteroatoms. The molecule has 3 aromatic rings. The quantitative estimate of drug-likeness (QED) is 0.558. The molecule has 0 radical (unpaired) electrons. The van der Waals surface area contributed by atoms with Gasteiger partial charge in [-0.2, -0.15) is 0 Å². The van der Waals surface area contributed by atoms with E-state index in [0.29, 0.717) is 18.8 Å². The number of carbonyl (C=O) groups is 2. The normalized spacial score (nSPS) is 21.2. The van der Waals surface area contributed by atoms with Crippen molar-refractivity contribution in [1.29, 1.82) is 0 Å². The van der Waals surface area contributed by atoms with E-state index < -0.39 is 5.54 Å². The molecule has 182 valence electrons. The van der Waals surface area contributed by atoms with Crippen LogP contribution in [0.5, 0.6) is 0 Å². The molecule has 1 saturated carbocycles. The van der Waals surface area contributed by atoms with E-state index in [-0.39, 0.29) is 17.9 Å². The number of nitrogens with zero attached hydrogens (tertiary/aromatic N) is 3. The molecule has 2 aliphatic rings. The van der Waals surface area contributed by atoms with Crippen LogP contribution in [0.1, 0.15) is 68.1 Å². The maximum Gasteiger partial charge on any atom is 0.271 e. The number of hydrogen-bond acceptors (Lipinski definition) is 3. The van der Waals surface area contributed by atoms with Crippen molar-refractivity contribution in [3.63, 3.8) is 0 Å². The summed E-state index contributed by atoms with van der Waals surface area (Å²) in [6.07, 6.45) is 9.73. The summed E-state index contributed by atoms with van der Waals surface area (Å²) in [5.41, 5.74) is 2.33. The van der Waals surface area contributed by atoms with E-state index in [1.165, 1.54) is 19.3 Å². The van der Waals surface area contributed by atoms with Gasteiger partial charge in [-0.25, -0.2) is 0 Å². The lowest BCUT2D eigenvalue weighted by molar-refractivity contribution is -0.134. The van der Waals surface area contributed by atoms with Gasteiger partial charge in [-0.05, 0) is 49.6 Å². The summed E-state index contributed by atoms with van der Waals surface area (Å²) >= 11 is 0. The third kappa shape index (κ3) is 4.75. The van der Waals surface area contributed by atoms with Gasteiger partial charge < -0.3 is 14.8 Å². The largest absolute Gasteiger partial charge is 0.351 e. The number of amides is 2. The Balaban J connectivity index is 1.50. The van der Waals surface area contributed by atoms with Crippen molar-refractivity contribution in [2.24, 2.45) is 0 Å². The molecule has 0 bridgehead atoms. The predicted octanol–water partition coefficient (Wildman–Crippen LogP) is 5.19. The lowest BCUT2D eigenvalue weighted by Crippen LogP contribution is -2.64. The van der Waals surface area contributed by atoms with Crippen LogP contribution in [-0.2, 0) is 17.9 Å². The highest BCUT2D eigenvalue weighted by molar-refractivity contribution is 6.00. The number of nitrogens with one attached hydrogen (secondary N) is 1. The van der Waals surface area contributed by atoms with Crippen molar-refractivity contribution >= 4 is 11.8 Å². The van der Waals surface area contributed by atoms with Gasteiger partial charge in [-0.15, -0.1) is 0 Å². The highest BCUT2D eigenvalue weighted by Crippen LogP contribution is 2.34. The minimum Gasteiger partial charge on any atom is -0.351 e. The predicted molar refractivity (Wildman–Crippen MR) is 137 cm³/mol. The Kier molecular flexibility index (Phi) is 6.71. The molecule has 1 unspecified atom stereocenters. The maximum atomic E-state index is 14.0. The standard InChI is InChI=1S/C29H34N4O2/c1-29(28(35)31-23-14-8-3-2-4-9-15-23)21-32-25(22-12-6-5-7-13-22)17-18-26(32)27(34)33(29)20-24-16-10-11-19-30-24/h5-7,10-13,16-19,23H,2-4,8-9,14-15,20-21H2,1H3,(H,31,35). The molecule has 1 N–H and O–H groups in total. The maximum absolute atomic E-state index is 14.0. The summed E-state index contributed by atoms with van der Waals surface area (Å²) in [7, 11) is 0. The summed E-state index contributed by atoms with van der Waals surface area (Å²) in [5, 5.41) is 3.35.